The number of carbonyl (C=O) groups is 2. The Morgan fingerprint density at radius 2 is 1.83 bits per heavy atom. The average Bonchev–Trinajstić information content (AvgIpc) is 2.55. The number of hydrogen-bond donors (Lipinski definition) is 1. The Bertz CT molecular complexity index is 700. The van der Waals surface area contributed by atoms with Gasteiger partial charge in [0.1, 0.15) is 11.6 Å². The first-order chi connectivity index (χ1) is 11.0. The van der Waals surface area contributed by atoms with Crippen LogP contribution in [0.5, 0.6) is 5.75 Å². The molecule has 1 N–H and O–H groups in total. The van der Waals surface area contributed by atoms with Crippen molar-refractivity contribution in [2.24, 2.45) is 0 Å². The van der Waals surface area contributed by atoms with E-state index in [1.54, 1.807) is 31.4 Å². The molecule has 0 saturated carbocycles. The van der Waals surface area contributed by atoms with Gasteiger partial charge in [0.15, 0.2) is 6.10 Å². The first-order valence-corrected chi connectivity index (χ1v) is 6.91. The molecule has 0 heterocycles. The van der Waals surface area contributed by atoms with E-state index in [0.717, 1.165) is 6.07 Å². The number of hydrogen-bond acceptors (Lipinski definition) is 4. The Morgan fingerprint density at radius 1 is 1.13 bits per heavy atom. The lowest BCUT2D eigenvalue weighted by Crippen LogP contribution is -2.30. The normalized spacial score (nSPS) is 11.4. The van der Waals surface area contributed by atoms with E-state index < -0.39 is 23.8 Å². The van der Waals surface area contributed by atoms with Gasteiger partial charge in [0.2, 0.25) is 0 Å². The monoisotopic (exact) mass is 317 g/mol. The molecule has 0 aliphatic carbocycles. The molecule has 0 spiro atoms. The first-order valence-electron chi connectivity index (χ1n) is 6.91. The zero-order valence-corrected chi connectivity index (χ0v) is 12.7. The highest BCUT2D eigenvalue weighted by atomic mass is 19.1. The summed E-state index contributed by atoms with van der Waals surface area (Å²) in [6, 6.07) is 11.8. The lowest BCUT2D eigenvalue weighted by molar-refractivity contribution is -0.123. The van der Waals surface area contributed by atoms with Crippen molar-refractivity contribution in [3.63, 3.8) is 0 Å². The van der Waals surface area contributed by atoms with Crippen LogP contribution in [0, 0.1) is 5.82 Å². The summed E-state index contributed by atoms with van der Waals surface area (Å²) in [6.45, 7) is 1.44. The number of amides is 1. The first kappa shape index (κ1) is 16.5. The molecule has 0 radical (unpaired) electrons. The van der Waals surface area contributed by atoms with Crippen molar-refractivity contribution < 1.29 is 23.5 Å². The number of anilines is 1. The largest absolute Gasteiger partial charge is 0.497 e. The number of esters is 1. The highest BCUT2D eigenvalue weighted by Crippen LogP contribution is 2.15. The maximum absolute atomic E-state index is 13.1. The lowest BCUT2D eigenvalue weighted by atomic mass is 10.2. The molecule has 2 rings (SSSR count). The Morgan fingerprint density at radius 3 is 2.43 bits per heavy atom. The molecule has 120 valence electrons. The second kappa shape index (κ2) is 7.40. The van der Waals surface area contributed by atoms with Crippen LogP contribution in [0.15, 0.2) is 48.5 Å². The third-order valence-corrected chi connectivity index (χ3v) is 3.07. The van der Waals surface area contributed by atoms with Crippen molar-refractivity contribution >= 4 is 17.6 Å². The van der Waals surface area contributed by atoms with Crippen LogP contribution in [-0.2, 0) is 9.53 Å². The highest BCUT2D eigenvalue weighted by molar-refractivity contribution is 5.97. The Kier molecular flexibility index (Phi) is 5.30. The molecule has 1 amide bonds. The molecule has 0 aromatic heterocycles. The van der Waals surface area contributed by atoms with Gasteiger partial charge in [0.25, 0.3) is 5.91 Å². The van der Waals surface area contributed by atoms with Gasteiger partial charge in [-0.25, -0.2) is 9.18 Å². The van der Waals surface area contributed by atoms with Crippen molar-refractivity contribution in [1.29, 1.82) is 0 Å². The van der Waals surface area contributed by atoms with Gasteiger partial charge in [0.05, 0.1) is 12.7 Å². The SMILES string of the molecule is COc1ccc(NC(=O)C(C)OC(=O)c2cccc(F)c2)cc1. The molecule has 23 heavy (non-hydrogen) atoms. The van der Waals surface area contributed by atoms with Crippen LogP contribution >= 0.6 is 0 Å². The summed E-state index contributed by atoms with van der Waals surface area (Å²) in [5.74, 6) is -1.13. The Hall–Kier alpha value is -2.89. The maximum Gasteiger partial charge on any atom is 0.339 e. The summed E-state index contributed by atoms with van der Waals surface area (Å²) in [7, 11) is 1.54. The Balaban J connectivity index is 1.95. The number of methoxy groups -OCH3 is 1. The molecular formula is C17H16FNO4. The minimum atomic E-state index is -1.02. The smallest absolute Gasteiger partial charge is 0.339 e. The molecule has 5 nitrogen and oxygen atoms in total. The van der Waals surface area contributed by atoms with Gasteiger partial charge in [-0.1, -0.05) is 6.07 Å². The molecule has 0 aliphatic heterocycles. The lowest BCUT2D eigenvalue weighted by Gasteiger charge is -2.13. The fourth-order valence-corrected chi connectivity index (χ4v) is 1.82. The van der Waals surface area contributed by atoms with Gasteiger partial charge >= 0.3 is 5.97 Å². The van der Waals surface area contributed by atoms with E-state index in [-0.39, 0.29) is 5.56 Å². The maximum atomic E-state index is 13.1. The van der Waals surface area contributed by atoms with E-state index in [1.807, 2.05) is 0 Å². The van der Waals surface area contributed by atoms with Gasteiger partial charge in [-0.15, -0.1) is 0 Å². The number of carbonyl (C=O) groups excluding carboxylic acids is 2. The second-order valence-corrected chi connectivity index (χ2v) is 4.78. The van der Waals surface area contributed by atoms with Crippen LogP contribution in [0.4, 0.5) is 10.1 Å². The highest BCUT2D eigenvalue weighted by Gasteiger charge is 2.19. The molecule has 2 aromatic carbocycles. The van der Waals surface area contributed by atoms with Gasteiger partial charge in [-0.05, 0) is 49.4 Å². The second-order valence-electron chi connectivity index (χ2n) is 4.78. The molecule has 0 aliphatic rings. The van der Waals surface area contributed by atoms with E-state index >= 15 is 0 Å². The van der Waals surface area contributed by atoms with Crippen molar-refractivity contribution in [1.82, 2.24) is 0 Å². The van der Waals surface area contributed by atoms with E-state index in [9.17, 15) is 14.0 Å². The molecule has 1 atom stereocenters. The predicted octanol–water partition coefficient (Wildman–Crippen LogP) is 3.02. The number of halogens is 1. The Labute approximate surface area is 133 Å². The molecule has 0 bridgehead atoms. The number of rotatable bonds is 5. The van der Waals surface area contributed by atoms with E-state index in [0.29, 0.717) is 11.4 Å². The number of benzene rings is 2. The van der Waals surface area contributed by atoms with Crippen LogP contribution < -0.4 is 10.1 Å². The minimum absolute atomic E-state index is 0.0501. The quantitative estimate of drug-likeness (QED) is 0.861. The fourth-order valence-electron chi connectivity index (χ4n) is 1.82. The number of ether oxygens (including phenoxy) is 2. The summed E-state index contributed by atoms with van der Waals surface area (Å²) in [5.41, 5.74) is 0.596. The van der Waals surface area contributed by atoms with Crippen LogP contribution in [0.1, 0.15) is 17.3 Å². The van der Waals surface area contributed by atoms with Crippen molar-refractivity contribution in [2.45, 2.75) is 13.0 Å². The van der Waals surface area contributed by atoms with E-state index in [2.05, 4.69) is 5.32 Å². The van der Waals surface area contributed by atoms with E-state index in [4.69, 9.17) is 9.47 Å². The fraction of sp³-hybridized carbons (Fsp3) is 0.176. The van der Waals surface area contributed by atoms with Crippen molar-refractivity contribution in [3.8, 4) is 5.75 Å². The topological polar surface area (TPSA) is 64.6 Å². The molecular weight excluding hydrogens is 301 g/mol. The summed E-state index contributed by atoms with van der Waals surface area (Å²) < 4.78 is 23.1. The predicted molar refractivity (Wildman–Crippen MR) is 82.9 cm³/mol. The third-order valence-electron chi connectivity index (χ3n) is 3.07. The van der Waals surface area contributed by atoms with Gasteiger partial charge in [0, 0.05) is 5.69 Å². The minimum Gasteiger partial charge on any atom is -0.497 e. The summed E-state index contributed by atoms with van der Waals surface area (Å²) in [6.07, 6.45) is -1.02. The third kappa shape index (κ3) is 4.54. The van der Waals surface area contributed by atoms with Gasteiger partial charge in [-0.2, -0.15) is 0 Å². The molecule has 0 fully saturated rings. The van der Waals surface area contributed by atoms with Crippen LogP contribution in [0.3, 0.4) is 0 Å². The van der Waals surface area contributed by atoms with Crippen LogP contribution in [-0.4, -0.2) is 25.1 Å². The van der Waals surface area contributed by atoms with E-state index in [1.165, 1.54) is 25.1 Å². The van der Waals surface area contributed by atoms with Crippen molar-refractivity contribution in [3.05, 3.63) is 59.9 Å². The molecule has 2 aromatic rings. The molecule has 1 unspecified atom stereocenters. The molecule has 0 saturated heterocycles. The summed E-state index contributed by atoms with van der Waals surface area (Å²) >= 11 is 0. The number of nitrogens with one attached hydrogen (secondary N) is 1. The summed E-state index contributed by atoms with van der Waals surface area (Å²) in [4.78, 5) is 23.9. The van der Waals surface area contributed by atoms with Crippen LogP contribution in [0.2, 0.25) is 0 Å². The molecule has 6 heteroatoms. The van der Waals surface area contributed by atoms with Crippen molar-refractivity contribution in [2.75, 3.05) is 12.4 Å². The average molecular weight is 317 g/mol. The van der Waals surface area contributed by atoms with Crippen LogP contribution in [0.25, 0.3) is 0 Å². The summed E-state index contributed by atoms with van der Waals surface area (Å²) in [5, 5.41) is 2.62. The standard InChI is InChI=1S/C17H16FNO4/c1-11(23-17(21)12-4-3-5-13(18)10-12)16(20)19-14-6-8-15(22-2)9-7-14/h3-11H,1-2H3,(H,19,20). The zero-order valence-electron chi connectivity index (χ0n) is 12.7. The van der Waals surface area contributed by atoms with Gasteiger partial charge in [-0.3, -0.25) is 4.79 Å². The van der Waals surface area contributed by atoms with Gasteiger partial charge < -0.3 is 14.8 Å². The zero-order chi connectivity index (χ0) is 16.8.